The van der Waals surface area contributed by atoms with Gasteiger partial charge in [-0.25, -0.2) is 0 Å². The molecule has 0 aromatic heterocycles. The fourth-order valence-electron chi connectivity index (χ4n) is 2.65. The van der Waals surface area contributed by atoms with Crippen LogP contribution in [0.2, 0.25) is 0 Å². The zero-order valence-corrected chi connectivity index (χ0v) is 13.1. The fourth-order valence-corrected chi connectivity index (χ4v) is 3.23. The third-order valence-electron chi connectivity index (χ3n) is 4.14. The molecule has 0 amide bonds. The molecule has 1 unspecified atom stereocenters. The second-order valence-corrected chi connectivity index (χ2v) is 5.83. The monoisotopic (exact) mass is 272 g/mol. The van der Waals surface area contributed by atoms with E-state index in [-0.39, 0.29) is 5.38 Å². The second kappa shape index (κ2) is 5.38. The van der Waals surface area contributed by atoms with E-state index in [0.29, 0.717) is 0 Å². The Morgan fingerprint density at radius 3 is 1.84 bits per heavy atom. The van der Waals surface area contributed by atoms with Crippen LogP contribution >= 0.6 is 11.6 Å². The van der Waals surface area contributed by atoms with E-state index < -0.39 is 0 Å². The van der Waals surface area contributed by atoms with Crippen LogP contribution < -0.4 is 0 Å². The van der Waals surface area contributed by atoms with E-state index >= 15 is 0 Å². The molecule has 0 bridgehead atoms. The first-order chi connectivity index (χ1) is 8.93. The summed E-state index contributed by atoms with van der Waals surface area (Å²) in [4.78, 5) is 0. The van der Waals surface area contributed by atoms with Crippen LogP contribution in [-0.4, -0.2) is 0 Å². The molecule has 100 valence electrons. The van der Waals surface area contributed by atoms with Crippen LogP contribution in [0.3, 0.4) is 0 Å². The number of hydrogen-bond acceptors (Lipinski definition) is 0. The van der Waals surface area contributed by atoms with Crippen molar-refractivity contribution in [3.8, 4) is 0 Å². The van der Waals surface area contributed by atoms with E-state index in [9.17, 15) is 0 Å². The second-order valence-electron chi connectivity index (χ2n) is 5.39. The minimum atomic E-state index is -0.0696. The molecule has 0 fully saturated rings. The van der Waals surface area contributed by atoms with E-state index in [1.165, 1.54) is 38.9 Å². The Kier molecular flexibility index (Phi) is 4.01. The minimum Gasteiger partial charge on any atom is -0.113 e. The first-order valence-corrected chi connectivity index (χ1v) is 7.14. The van der Waals surface area contributed by atoms with E-state index in [4.69, 9.17) is 11.6 Å². The highest BCUT2D eigenvalue weighted by atomic mass is 35.5. The third-order valence-corrected chi connectivity index (χ3v) is 4.59. The zero-order valence-electron chi connectivity index (χ0n) is 12.3. The van der Waals surface area contributed by atoms with Gasteiger partial charge in [0.25, 0.3) is 0 Å². The van der Waals surface area contributed by atoms with Crippen molar-refractivity contribution in [3.05, 3.63) is 69.3 Å². The molecule has 2 rings (SSSR count). The molecule has 0 aliphatic heterocycles. The molecular formula is C18H21Cl. The Labute approximate surface area is 121 Å². The minimum absolute atomic E-state index is 0.0696. The van der Waals surface area contributed by atoms with Gasteiger partial charge >= 0.3 is 0 Å². The predicted octanol–water partition coefficient (Wildman–Crippen LogP) is 5.56. The van der Waals surface area contributed by atoms with E-state index in [1.54, 1.807) is 0 Å². The van der Waals surface area contributed by atoms with Crippen molar-refractivity contribution in [1.82, 2.24) is 0 Å². The van der Waals surface area contributed by atoms with Gasteiger partial charge in [0, 0.05) is 0 Å². The van der Waals surface area contributed by atoms with Gasteiger partial charge in [0.2, 0.25) is 0 Å². The van der Waals surface area contributed by atoms with Gasteiger partial charge in [0.15, 0.2) is 0 Å². The Morgan fingerprint density at radius 1 is 0.789 bits per heavy atom. The molecule has 0 spiro atoms. The molecule has 0 nitrogen and oxygen atoms in total. The van der Waals surface area contributed by atoms with Crippen LogP contribution in [0.5, 0.6) is 0 Å². The fraction of sp³-hybridized carbons (Fsp3) is 0.333. The van der Waals surface area contributed by atoms with Crippen LogP contribution in [-0.2, 0) is 0 Å². The average molecular weight is 273 g/mol. The van der Waals surface area contributed by atoms with Gasteiger partial charge in [0.1, 0.15) is 0 Å². The molecule has 0 heterocycles. The lowest BCUT2D eigenvalue weighted by Crippen LogP contribution is -2.04. The van der Waals surface area contributed by atoms with Gasteiger partial charge in [-0.1, -0.05) is 30.3 Å². The van der Waals surface area contributed by atoms with E-state index in [2.05, 4.69) is 65.0 Å². The van der Waals surface area contributed by atoms with Gasteiger partial charge in [-0.15, -0.1) is 11.6 Å². The van der Waals surface area contributed by atoms with Crippen LogP contribution in [0.15, 0.2) is 30.3 Å². The lowest BCUT2D eigenvalue weighted by molar-refractivity contribution is 1.04. The first kappa shape index (κ1) is 14.1. The normalized spacial score (nSPS) is 12.5. The van der Waals surface area contributed by atoms with Crippen molar-refractivity contribution in [2.45, 2.75) is 40.0 Å². The number of halogens is 1. The Bertz CT molecular complexity index is 585. The van der Waals surface area contributed by atoms with Crippen molar-refractivity contribution in [2.75, 3.05) is 0 Å². The zero-order chi connectivity index (χ0) is 14.2. The van der Waals surface area contributed by atoms with Gasteiger partial charge < -0.3 is 0 Å². The van der Waals surface area contributed by atoms with E-state index in [0.717, 1.165) is 0 Å². The summed E-state index contributed by atoms with van der Waals surface area (Å²) in [5.74, 6) is 0. The molecule has 1 heteroatoms. The molecule has 2 aromatic carbocycles. The Hall–Kier alpha value is -1.27. The third kappa shape index (κ3) is 2.55. The number of benzene rings is 2. The van der Waals surface area contributed by atoms with Crippen molar-refractivity contribution in [1.29, 1.82) is 0 Å². The summed E-state index contributed by atoms with van der Waals surface area (Å²) in [7, 11) is 0. The van der Waals surface area contributed by atoms with Gasteiger partial charge in [-0.05, 0) is 73.6 Å². The standard InChI is InChI=1S/C18H21Cl/c1-11-8-6-7-9-16(11)18(19)17-14(4)12(2)10-13(3)15(17)5/h6-10,18H,1-5H3. The molecular weight excluding hydrogens is 252 g/mol. The molecule has 1 atom stereocenters. The van der Waals surface area contributed by atoms with Crippen LogP contribution in [0.25, 0.3) is 0 Å². The highest BCUT2D eigenvalue weighted by Gasteiger charge is 2.19. The van der Waals surface area contributed by atoms with E-state index in [1.807, 2.05) is 0 Å². The van der Waals surface area contributed by atoms with Gasteiger partial charge in [0.05, 0.1) is 5.38 Å². The Morgan fingerprint density at radius 2 is 1.32 bits per heavy atom. The Balaban J connectivity index is 2.63. The molecule has 0 N–H and O–H groups in total. The van der Waals surface area contributed by atoms with Crippen LogP contribution in [0.4, 0.5) is 0 Å². The van der Waals surface area contributed by atoms with Crippen molar-refractivity contribution < 1.29 is 0 Å². The highest BCUT2D eigenvalue weighted by molar-refractivity contribution is 6.23. The van der Waals surface area contributed by atoms with Crippen LogP contribution in [0, 0.1) is 34.6 Å². The van der Waals surface area contributed by atoms with Crippen LogP contribution in [0.1, 0.15) is 44.3 Å². The average Bonchev–Trinajstić information content (AvgIpc) is 2.37. The first-order valence-electron chi connectivity index (χ1n) is 6.70. The lowest BCUT2D eigenvalue weighted by Gasteiger charge is -2.21. The van der Waals surface area contributed by atoms with Crippen molar-refractivity contribution in [3.63, 3.8) is 0 Å². The topological polar surface area (TPSA) is 0 Å². The maximum Gasteiger partial charge on any atom is 0.0843 e. The maximum absolute atomic E-state index is 6.79. The number of alkyl halides is 1. The predicted molar refractivity (Wildman–Crippen MR) is 84.3 cm³/mol. The van der Waals surface area contributed by atoms with Crippen molar-refractivity contribution >= 4 is 11.6 Å². The highest BCUT2D eigenvalue weighted by Crippen LogP contribution is 2.37. The summed E-state index contributed by atoms with van der Waals surface area (Å²) in [6.45, 7) is 10.8. The molecule has 19 heavy (non-hydrogen) atoms. The van der Waals surface area contributed by atoms with Gasteiger partial charge in [-0.3, -0.25) is 0 Å². The quantitative estimate of drug-likeness (QED) is 0.628. The number of hydrogen-bond donors (Lipinski definition) is 0. The summed E-state index contributed by atoms with van der Waals surface area (Å²) < 4.78 is 0. The number of aryl methyl sites for hydroxylation is 3. The summed E-state index contributed by atoms with van der Waals surface area (Å²) in [6, 6.07) is 10.6. The van der Waals surface area contributed by atoms with Gasteiger partial charge in [-0.2, -0.15) is 0 Å². The molecule has 2 aromatic rings. The maximum atomic E-state index is 6.79. The molecule has 0 aliphatic rings. The molecule has 0 aliphatic carbocycles. The number of rotatable bonds is 2. The summed E-state index contributed by atoms with van der Waals surface area (Å²) in [5.41, 5.74) is 8.99. The molecule has 0 saturated carbocycles. The summed E-state index contributed by atoms with van der Waals surface area (Å²) in [5, 5.41) is -0.0696. The van der Waals surface area contributed by atoms with Crippen molar-refractivity contribution in [2.24, 2.45) is 0 Å². The lowest BCUT2D eigenvalue weighted by atomic mass is 9.89. The smallest absolute Gasteiger partial charge is 0.0843 e. The summed E-state index contributed by atoms with van der Waals surface area (Å²) in [6.07, 6.45) is 0. The molecule has 0 radical (unpaired) electrons. The largest absolute Gasteiger partial charge is 0.113 e. The molecule has 0 saturated heterocycles. The summed E-state index contributed by atoms with van der Waals surface area (Å²) >= 11 is 6.79. The SMILES string of the molecule is Cc1ccccc1C(Cl)c1c(C)c(C)cc(C)c1C.